The molecular formula is C19H27ClN2O. The number of nitrogens with one attached hydrogen (secondary N) is 1. The van der Waals surface area contributed by atoms with Crippen molar-refractivity contribution in [3.63, 3.8) is 0 Å². The normalized spacial score (nSPS) is 30.0. The lowest BCUT2D eigenvalue weighted by molar-refractivity contribution is 0.0351. The zero-order chi connectivity index (χ0) is 15.7. The van der Waals surface area contributed by atoms with Crippen molar-refractivity contribution in [2.45, 2.75) is 43.7 Å². The summed E-state index contributed by atoms with van der Waals surface area (Å²) < 4.78 is 5.61. The molecule has 0 spiro atoms. The van der Waals surface area contributed by atoms with E-state index >= 15 is 0 Å². The van der Waals surface area contributed by atoms with Gasteiger partial charge in [0, 0.05) is 49.5 Å². The molecule has 2 heterocycles. The van der Waals surface area contributed by atoms with Crippen molar-refractivity contribution in [2.75, 3.05) is 32.8 Å². The van der Waals surface area contributed by atoms with Gasteiger partial charge in [-0.2, -0.15) is 0 Å². The first kappa shape index (κ1) is 15.9. The molecular weight excluding hydrogens is 308 g/mol. The number of likely N-dealkylation sites (tertiary alicyclic amines) is 1. The van der Waals surface area contributed by atoms with Crippen molar-refractivity contribution in [3.8, 4) is 0 Å². The lowest BCUT2D eigenvalue weighted by Gasteiger charge is -2.39. The third kappa shape index (κ3) is 3.30. The Morgan fingerprint density at radius 1 is 1.17 bits per heavy atom. The molecule has 2 bridgehead atoms. The molecule has 4 rings (SSSR count). The molecule has 1 N–H and O–H groups in total. The zero-order valence-corrected chi connectivity index (χ0v) is 14.5. The fraction of sp³-hybridized carbons (Fsp3) is 0.684. The van der Waals surface area contributed by atoms with Crippen molar-refractivity contribution in [1.29, 1.82) is 0 Å². The molecule has 4 heteroatoms. The first-order valence-electron chi connectivity index (χ1n) is 9.08. The highest BCUT2D eigenvalue weighted by molar-refractivity contribution is 6.30. The molecule has 0 radical (unpaired) electrons. The van der Waals surface area contributed by atoms with Crippen molar-refractivity contribution >= 4 is 11.6 Å². The van der Waals surface area contributed by atoms with Crippen LogP contribution in [0, 0.1) is 5.92 Å². The van der Waals surface area contributed by atoms with Gasteiger partial charge in [-0.1, -0.05) is 23.7 Å². The maximum absolute atomic E-state index is 6.07. The van der Waals surface area contributed by atoms with E-state index in [1.165, 1.54) is 37.9 Å². The van der Waals surface area contributed by atoms with Gasteiger partial charge in [-0.15, -0.1) is 0 Å². The maximum atomic E-state index is 6.07. The van der Waals surface area contributed by atoms with Crippen molar-refractivity contribution in [2.24, 2.45) is 5.92 Å². The Kier molecular flexibility index (Phi) is 4.64. The van der Waals surface area contributed by atoms with Gasteiger partial charge in [0.25, 0.3) is 0 Å². The van der Waals surface area contributed by atoms with E-state index in [9.17, 15) is 0 Å². The van der Waals surface area contributed by atoms with Crippen LogP contribution in [0.1, 0.15) is 37.7 Å². The Hall–Kier alpha value is -0.610. The van der Waals surface area contributed by atoms with Crippen LogP contribution in [-0.2, 0) is 10.3 Å². The summed E-state index contributed by atoms with van der Waals surface area (Å²) in [6.45, 7) is 5.24. The number of fused-ring (bicyclic) bond motifs is 2. The quantitative estimate of drug-likeness (QED) is 0.893. The van der Waals surface area contributed by atoms with Gasteiger partial charge in [-0.05, 0) is 55.7 Å². The molecule has 1 aliphatic carbocycles. The minimum Gasteiger partial charge on any atom is -0.381 e. The smallest absolute Gasteiger partial charge is 0.0486 e. The van der Waals surface area contributed by atoms with E-state index in [1.807, 2.05) is 12.1 Å². The molecule has 3 fully saturated rings. The topological polar surface area (TPSA) is 24.5 Å². The van der Waals surface area contributed by atoms with Gasteiger partial charge in [0.15, 0.2) is 0 Å². The van der Waals surface area contributed by atoms with Gasteiger partial charge < -0.3 is 10.1 Å². The number of hydrogen-bond acceptors (Lipinski definition) is 3. The summed E-state index contributed by atoms with van der Waals surface area (Å²) in [7, 11) is 0. The second-order valence-corrected chi connectivity index (χ2v) is 7.89. The second kappa shape index (κ2) is 6.72. The molecule has 23 heavy (non-hydrogen) atoms. The van der Waals surface area contributed by atoms with Gasteiger partial charge in [-0.3, -0.25) is 4.90 Å². The highest BCUT2D eigenvalue weighted by atomic mass is 35.5. The molecule has 2 saturated heterocycles. The fourth-order valence-corrected chi connectivity index (χ4v) is 4.92. The molecule has 3 nitrogen and oxygen atoms in total. The minimum absolute atomic E-state index is 0.0571. The van der Waals surface area contributed by atoms with Crippen LogP contribution < -0.4 is 5.32 Å². The van der Waals surface area contributed by atoms with E-state index in [0.29, 0.717) is 0 Å². The zero-order valence-electron chi connectivity index (χ0n) is 13.8. The Morgan fingerprint density at radius 3 is 2.61 bits per heavy atom. The monoisotopic (exact) mass is 334 g/mol. The lowest BCUT2D eigenvalue weighted by Crippen LogP contribution is -2.49. The maximum Gasteiger partial charge on any atom is 0.0486 e. The number of benzene rings is 1. The van der Waals surface area contributed by atoms with E-state index in [2.05, 4.69) is 22.3 Å². The number of ether oxygens (including phenoxy) is 1. The van der Waals surface area contributed by atoms with Crippen LogP contribution in [-0.4, -0.2) is 43.8 Å². The largest absolute Gasteiger partial charge is 0.381 e. The Morgan fingerprint density at radius 2 is 1.96 bits per heavy atom. The summed E-state index contributed by atoms with van der Waals surface area (Å²) in [5.41, 5.74) is 1.41. The third-order valence-corrected chi connectivity index (χ3v) is 6.38. The number of halogens is 1. The van der Waals surface area contributed by atoms with E-state index < -0.39 is 0 Å². The van der Waals surface area contributed by atoms with Crippen molar-refractivity contribution in [1.82, 2.24) is 10.2 Å². The molecule has 2 atom stereocenters. The van der Waals surface area contributed by atoms with Gasteiger partial charge in [0.2, 0.25) is 0 Å². The van der Waals surface area contributed by atoms with Crippen LogP contribution in [0.4, 0.5) is 0 Å². The van der Waals surface area contributed by atoms with E-state index in [1.54, 1.807) is 0 Å². The molecule has 0 amide bonds. The highest BCUT2D eigenvalue weighted by Crippen LogP contribution is 2.37. The van der Waals surface area contributed by atoms with Crippen LogP contribution >= 0.6 is 11.6 Å². The number of hydrogen-bond donors (Lipinski definition) is 1. The molecule has 2 aliphatic heterocycles. The van der Waals surface area contributed by atoms with Crippen LogP contribution in [0.2, 0.25) is 5.02 Å². The first-order chi connectivity index (χ1) is 11.3. The first-order valence-corrected chi connectivity index (χ1v) is 9.46. The van der Waals surface area contributed by atoms with Crippen LogP contribution in [0.25, 0.3) is 0 Å². The van der Waals surface area contributed by atoms with Gasteiger partial charge in [0.05, 0.1) is 0 Å². The van der Waals surface area contributed by atoms with Crippen LogP contribution in [0.15, 0.2) is 24.3 Å². The molecule has 126 valence electrons. The van der Waals surface area contributed by atoms with Gasteiger partial charge in [-0.25, -0.2) is 0 Å². The number of nitrogens with zero attached hydrogens (tertiary/aromatic N) is 1. The predicted molar refractivity (Wildman–Crippen MR) is 93.9 cm³/mol. The van der Waals surface area contributed by atoms with E-state index in [0.717, 1.165) is 49.6 Å². The van der Waals surface area contributed by atoms with E-state index in [-0.39, 0.29) is 5.54 Å². The summed E-state index contributed by atoms with van der Waals surface area (Å²) in [4.78, 5) is 2.70. The Balaban J connectivity index is 1.40. The number of rotatable bonds is 5. The molecule has 3 aliphatic rings. The van der Waals surface area contributed by atoms with Gasteiger partial charge in [0.1, 0.15) is 0 Å². The Bertz CT molecular complexity index is 527. The SMILES string of the molecule is Clc1ccc(C2(NCCN3CC4CCC3C4)CCOCC2)cc1. The molecule has 1 aromatic rings. The number of piperidine rings is 1. The minimum atomic E-state index is 0.0571. The molecule has 2 unspecified atom stereocenters. The van der Waals surface area contributed by atoms with Gasteiger partial charge >= 0.3 is 0 Å². The van der Waals surface area contributed by atoms with Crippen molar-refractivity contribution < 1.29 is 4.74 Å². The van der Waals surface area contributed by atoms with E-state index in [4.69, 9.17) is 16.3 Å². The standard InChI is InChI=1S/C19H27ClN2O/c20-17-4-2-16(3-5-17)19(7-11-23-12-8-19)21-9-10-22-14-15-1-6-18(22)13-15/h2-5,15,18,21H,1,6-14H2. The Labute approximate surface area is 144 Å². The molecule has 1 aromatic carbocycles. The summed E-state index contributed by atoms with van der Waals surface area (Å²) in [6.07, 6.45) is 6.40. The summed E-state index contributed by atoms with van der Waals surface area (Å²) in [5.74, 6) is 0.980. The third-order valence-electron chi connectivity index (χ3n) is 6.13. The lowest BCUT2D eigenvalue weighted by atomic mass is 9.82. The molecule has 0 aromatic heterocycles. The average molecular weight is 335 g/mol. The summed E-state index contributed by atoms with van der Waals surface area (Å²) in [6, 6.07) is 9.24. The molecule has 1 saturated carbocycles. The summed E-state index contributed by atoms with van der Waals surface area (Å²) in [5, 5.41) is 4.70. The van der Waals surface area contributed by atoms with Crippen LogP contribution in [0.5, 0.6) is 0 Å². The fourth-order valence-electron chi connectivity index (χ4n) is 4.80. The summed E-state index contributed by atoms with van der Waals surface area (Å²) >= 11 is 6.07. The average Bonchev–Trinajstić information content (AvgIpc) is 3.19. The van der Waals surface area contributed by atoms with Crippen LogP contribution in [0.3, 0.4) is 0 Å². The van der Waals surface area contributed by atoms with Crippen molar-refractivity contribution in [3.05, 3.63) is 34.9 Å². The second-order valence-electron chi connectivity index (χ2n) is 7.46. The predicted octanol–water partition coefficient (Wildman–Crippen LogP) is 3.42. The highest BCUT2D eigenvalue weighted by Gasteiger charge is 2.38.